The van der Waals surface area contributed by atoms with E-state index in [1.54, 1.807) is 0 Å². The van der Waals surface area contributed by atoms with Gasteiger partial charge < -0.3 is 4.74 Å². The molecule has 1 heteroatoms. The molecule has 0 saturated heterocycles. The van der Waals surface area contributed by atoms with Crippen molar-refractivity contribution in [3.63, 3.8) is 0 Å². The summed E-state index contributed by atoms with van der Waals surface area (Å²) in [4.78, 5) is 0. The molecule has 1 nitrogen and oxygen atoms in total. The van der Waals surface area contributed by atoms with E-state index in [-0.39, 0.29) is 0 Å². The molecule has 0 unspecified atom stereocenters. The fourth-order valence-corrected chi connectivity index (χ4v) is 2.68. The van der Waals surface area contributed by atoms with Gasteiger partial charge in [-0.1, -0.05) is 87.1 Å². The van der Waals surface area contributed by atoms with Crippen LogP contribution in [0.1, 0.15) is 50.2 Å². The predicted octanol–water partition coefficient (Wildman–Crippen LogP) is 6.16. The van der Waals surface area contributed by atoms with Crippen molar-refractivity contribution in [2.75, 3.05) is 0 Å². The van der Waals surface area contributed by atoms with Crippen LogP contribution >= 0.6 is 0 Å². The molecule has 2 aromatic rings. The van der Waals surface area contributed by atoms with Crippen LogP contribution in [-0.4, -0.2) is 0 Å². The largest absolute Gasteiger partial charge is 0.489 e. The molecule has 0 heterocycles. The van der Waals surface area contributed by atoms with Crippen molar-refractivity contribution in [3.8, 4) is 5.75 Å². The molecular formula is C21H28O. The van der Waals surface area contributed by atoms with Crippen molar-refractivity contribution < 1.29 is 4.74 Å². The smallest absolute Gasteiger partial charge is 0.119 e. The Morgan fingerprint density at radius 3 is 2.05 bits per heavy atom. The van der Waals surface area contributed by atoms with Crippen LogP contribution in [0.2, 0.25) is 0 Å². The summed E-state index contributed by atoms with van der Waals surface area (Å²) in [6.45, 7) is 5.06. The number of aryl methyl sites for hydroxylation is 1. The Hall–Kier alpha value is -1.76. The number of hydrogen-bond donors (Lipinski definition) is 0. The molecule has 0 N–H and O–H groups in total. The molecule has 2 aromatic carbocycles. The molecule has 1 aliphatic rings. The topological polar surface area (TPSA) is 9.23 Å². The van der Waals surface area contributed by atoms with E-state index < -0.39 is 0 Å². The maximum Gasteiger partial charge on any atom is 0.119 e. The Labute approximate surface area is 135 Å². The van der Waals surface area contributed by atoms with Gasteiger partial charge in [0.25, 0.3) is 0 Å². The van der Waals surface area contributed by atoms with Gasteiger partial charge in [0.05, 0.1) is 0 Å². The first-order chi connectivity index (χ1) is 10.7. The highest BCUT2D eigenvalue weighted by atomic mass is 16.5. The fraction of sp³-hybridized carbons (Fsp3) is 0.429. The summed E-state index contributed by atoms with van der Waals surface area (Å²) in [5.41, 5.74) is 2.44. The van der Waals surface area contributed by atoms with Crippen LogP contribution in [0, 0.1) is 12.8 Å². The lowest BCUT2D eigenvalue weighted by atomic mass is 9.91. The number of ether oxygens (including phenoxy) is 1. The van der Waals surface area contributed by atoms with Crippen molar-refractivity contribution in [2.45, 2.75) is 52.6 Å². The van der Waals surface area contributed by atoms with Gasteiger partial charge >= 0.3 is 0 Å². The summed E-state index contributed by atoms with van der Waals surface area (Å²) >= 11 is 0. The van der Waals surface area contributed by atoms with Gasteiger partial charge in [-0.3, -0.25) is 0 Å². The highest BCUT2D eigenvalue weighted by Crippen LogP contribution is 2.22. The molecular weight excluding hydrogens is 268 g/mol. The van der Waals surface area contributed by atoms with Crippen LogP contribution in [0.4, 0.5) is 0 Å². The lowest BCUT2D eigenvalue weighted by molar-refractivity contribution is 0.306. The first-order valence-electron chi connectivity index (χ1n) is 8.47. The van der Waals surface area contributed by atoms with Crippen LogP contribution in [0.15, 0.2) is 54.6 Å². The van der Waals surface area contributed by atoms with Gasteiger partial charge in [-0.2, -0.15) is 0 Å². The molecule has 0 atom stereocenters. The van der Waals surface area contributed by atoms with Gasteiger partial charge in [0, 0.05) is 0 Å². The van der Waals surface area contributed by atoms with Gasteiger partial charge in [0.15, 0.2) is 0 Å². The number of hydrogen-bond acceptors (Lipinski definition) is 1. The SMILES string of the molecule is CC1CCCCC1.Cc1ccc(OCc2ccccc2)cc1. The van der Waals surface area contributed by atoms with E-state index >= 15 is 0 Å². The molecule has 0 spiro atoms. The zero-order valence-corrected chi connectivity index (χ0v) is 13.9. The molecule has 0 bridgehead atoms. The van der Waals surface area contributed by atoms with Crippen molar-refractivity contribution in [3.05, 3.63) is 65.7 Å². The normalized spacial score (nSPS) is 14.8. The molecule has 0 aliphatic heterocycles. The molecule has 1 fully saturated rings. The van der Waals surface area contributed by atoms with Crippen molar-refractivity contribution >= 4 is 0 Å². The van der Waals surface area contributed by atoms with E-state index in [0.29, 0.717) is 6.61 Å². The lowest BCUT2D eigenvalue weighted by Gasteiger charge is -2.15. The maximum atomic E-state index is 5.65. The average molecular weight is 296 g/mol. The third-order valence-electron chi connectivity index (χ3n) is 4.16. The zero-order valence-electron chi connectivity index (χ0n) is 13.9. The van der Waals surface area contributed by atoms with E-state index in [0.717, 1.165) is 11.7 Å². The van der Waals surface area contributed by atoms with Gasteiger partial charge in [0.1, 0.15) is 12.4 Å². The summed E-state index contributed by atoms with van der Waals surface area (Å²) in [6.07, 6.45) is 7.44. The van der Waals surface area contributed by atoms with Crippen LogP contribution in [-0.2, 0) is 6.61 Å². The van der Waals surface area contributed by atoms with E-state index in [2.05, 4.69) is 38.1 Å². The highest BCUT2D eigenvalue weighted by molar-refractivity contribution is 5.26. The van der Waals surface area contributed by atoms with E-state index in [4.69, 9.17) is 4.74 Å². The molecule has 1 aliphatic carbocycles. The Morgan fingerprint density at radius 1 is 0.864 bits per heavy atom. The minimum Gasteiger partial charge on any atom is -0.489 e. The van der Waals surface area contributed by atoms with Crippen LogP contribution < -0.4 is 4.74 Å². The third kappa shape index (κ3) is 6.34. The summed E-state index contributed by atoms with van der Waals surface area (Å²) < 4.78 is 5.65. The zero-order chi connectivity index (χ0) is 15.6. The molecule has 0 amide bonds. The van der Waals surface area contributed by atoms with Crippen LogP contribution in [0.5, 0.6) is 5.75 Å². The Bertz CT molecular complexity index is 509. The molecule has 0 aromatic heterocycles. The molecule has 0 radical (unpaired) electrons. The summed E-state index contributed by atoms with van der Waals surface area (Å²) in [5, 5.41) is 0. The highest BCUT2D eigenvalue weighted by Gasteiger charge is 2.05. The third-order valence-corrected chi connectivity index (χ3v) is 4.16. The van der Waals surface area contributed by atoms with E-state index in [1.165, 1.54) is 43.2 Å². The Kier molecular flexibility index (Phi) is 7.02. The molecule has 3 rings (SSSR count). The maximum absolute atomic E-state index is 5.65. The molecule has 1 saturated carbocycles. The van der Waals surface area contributed by atoms with Gasteiger partial charge in [0.2, 0.25) is 0 Å². The van der Waals surface area contributed by atoms with Gasteiger partial charge in [-0.15, -0.1) is 0 Å². The summed E-state index contributed by atoms with van der Waals surface area (Å²) in [6, 6.07) is 18.3. The first-order valence-corrected chi connectivity index (χ1v) is 8.47. The monoisotopic (exact) mass is 296 g/mol. The second-order valence-corrected chi connectivity index (χ2v) is 6.33. The van der Waals surface area contributed by atoms with E-state index in [9.17, 15) is 0 Å². The van der Waals surface area contributed by atoms with Gasteiger partial charge in [-0.25, -0.2) is 0 Å². The molecule has 118 valence electrons. The first kappa shape index (κ1) is 16.6. The van der Waals surface area contributed by atoms with Crippen molar-refractivity contribution in [2.24, 2.45) is 5.92 Å². The average Bonchev–Trinajstić information content (AvgIpc) is 2.57. The quantitative estimate of drug-likeness (QED) is 0.659. The minimum absolute atomic E-state index is 0.629. The van der Waals surface area contributed by atoms with Gasteiger partial charge in [-0.05, 0) is 30.5 Å². The standard InChI is InChI=1S/C14H14O.C7H14/c1-12-7-9-14(10-8-12)15-11-13-5-3-2-4-6-13;1-7-5-3-2-4-6-7/h2-10H,11H2,1H3;7H,2-6H2,1H3. The summed E-state index contributed by atoms with van der Waals surface area (Å²) in [7, 11) is 0. The number of benzene rings is 2. The Morgan fingerprint density at radius 2 is 1.50 bits per heavy atom. The van der Waals surface area contributed by atoms with E-state index in [1.807, 2.05) is 30.3 Å². The second-order valence-electron chi connectivity index (χ2n) is 6.33. The van der Waals surface area contributed by atoms with Crippen LogP contribution in [0.3, 0.4) is 0 Å². The minimum atomic E-state index is 0.629. The number of rotatable bonds is 3. The predicted molar refractivity (Wildman–Crippen MR) is 94.2 cm³/mol. The van der Waals surface area contributed by atoms with Crippen LogP contribution in [0.25, 0.3) is 0 Å². The van der Waals surface area contributed by atoms with Crippen molar-refractivity contribution in [1.29, 1.82) is 0 Å². The van der Waals surface area contributed by atoms with Crippen molar-refractivity contribution in [1.82, 2.24) is 0 Å². The second kappa shape index (κ2) is 9.30. The summed E-state index contributed by atoms with van der Waals surface area (Å²) in [5.74, 6) is 1.96. The Balaban J connectivity index is 0.000000211. The fourth-order valence-electron chi connectivity index (χ4n) is 2.68. The molecule has 22 heavy (non-hydrogen) atoms. The lowest BCUT2D eigenvalue weighted by Crippen LogP contribution is -1.99.